The largest absolute Gasteiger partial charge is 0.481 e. The van der Waals surface area contributed by atoms with E-state index in [1.54, 1.807) is 0 Å². The van der Waals surface area contributed by atoms with Gasteiger partial charge >= 0.3 is 5.97 Å². The molecule has 0 unspecified atom stereocenters. The van der Waals surface area contributed by atoms with Crippen LogP contribution >= 0.6 is 0 Å². The van der Waals surface area contributed by atoms with E-state index in [0.29, 0.717) is 6.42 Å². The van der Waals surface area contributed by atoms with Crippen LogP contribution in [0.1, 0.15) is 52.4 Å². The van der Waals surface area contributed by atoms with E-state index in [2.05, 4.69) is 13.8 Å². The van der Waals surface area contributed by atoms with Crippen LogP contribution in [0.5, 0.6) is 0 Å². The van der Waals surface area contributed by atoms with Crippen molar-refractivity contribution in [1.82, 2.24) is 0 Å². The molecule has 0 fully saturated rings. The number of unbranched alkanes of at least 4 members (excludes halogenated alkanes) is 3. The molecule has 0 aliphatic rings. The summed E-state index contributed by atoms with van der Waals surface area (Å²) in [4.78, 5) is 10.1. The first-order valence-corrected chi connectivity index (χ1v) is 6.55. The highest BCUT2D eigenvalue weighted by atomic mass is 16.4. The van der Waals surface area contributed by atoms with E-state index in [9.17, 15) is 4.79 Å². The minimum absolute atomic E-state index is 0.335. The normalized spacial score (nSPS) is 10.4. The monoisotopic (exact) mass is 264 g/mol. The van der Waals surface area contributed by atoms with Gasteiger partial charge in [-0.15, -0.1) is 0 Å². The van der Waals surface area contributed by atoms with Crippen LogP contribution in [0.2, 0.25) is 0 Å². The van der Waals surface area contributed by atoms with E-state index in [4.69, 9.17) is 20.4 Å². The number of aliphatic carboxylic acids is 1. The topological polar surface area (TPSA) is 98.0 Å². The van der Waals surface area contributed by atoms with Crippen molar-refractivity contribution >= 4 is 5.97 Å². The Labute approximate surface area is 109 Å². The van der Waals surface area contributed by atoms with E-state index >= 15 is 0 Å². The molecule has 0 aromatic carbocycles. The van der Waals surface area contributed by atoms with Crippen LogP contribution in [0.4, 0.5) is 0 Å². The van der Waals surface area contributed by atoms with Crippen LogP contribution < -0.4 is 0 Å². The van der Waals surface area contributed by atoms with E-state index in [0.717, 1.165) is 18.8 Å². The Bertz CT molecular complexity index is 178. The van der Waals surface area contributed by atoms with Crippen LogP contribution in [0.25, 0.3) is 0 Å². The zero-order valence-corrected chi connectivity index (χ0v) is 11.5. The van der Waals surface area contributed by atoms with Crippen LogP contribution in [0.15, 0.2) is 0 Å². The highest BCUT2D eigenvalue weighted by Crippen LogP contribution is 2.10. The number of aliphatic hydroxyl groups excluding tert-OH is 3. The molecule has 0 rings (SSSR count). The molecule has 0 atom stereocenters. The Hall–Kier alpha value is -0.650. The number of carboxylic acids is 1. The van der Waals surface area contributed by atoms with Gasteiger partial charge in [0.2, 0.25) is 0 Å². The van der Waals surface area contributed by atoms with Crippen molar-refractivity contribution in [3.05, 3.63) is 0 Å². The summed E-state index contributed by atoms with van der Waals surface area (Å²) in [6.45, 7) is 3.71. The molecule has 110 valence electrons. The van der Waals surface area contributed by atoms with E-state index in [1.165, 1.54) is 19.3 Å². The molecule has 0 aromatic rings. The van der Waals surface area contributed by atoms with Crippen molar-refractivity contribution in [2.45, 2.75) is 58.5 Å². The number of hydrogen-bond donors (Lipinski definition) is 4. The van der Waals surface area contributed by atoms with E-state index < -0.39 is 12.1 Å². The summed E-state index contributed by atoms with van der Waals surface area (Å²) < 4.78 is 0. The highest BCUT2D eigenvalue weighted by molar-refractivity contribution is 5.66. The molecule has 4 N–H and O–H groups in total. The molecular weight excluding hydrogens is 236 g/mol. The summed E-state index contributed by atoms with van der Waals surface area (Å²) in [6, 6.07) is 0. The first-order chi connectivity index (χ1) is 8.43. The summed E-state index contributed by atoms with van der Waals surface area (Å²) in [5.41, 5.74) is 0. The van der Waals surface area contributed by atoms with E-state index in [-0.39, 0.29) is 13.2 Å². The fraction of sp³-hybridized carbons (Fsp3) is 0.923. The fourth-order valence-corrected chi connectivity index (χ4v) is 1.24. The van der Waals surface area contributed by atoms with Crippen LogP contribution in [0.3, 0.4) is 0 Å². The van der Waals surface area contributed by atoms with Crippen LogP contribution in [-0.4, -0.2) is 45.7 Å². The second kappa shape index (κ2) is 14.4. The molecule has 0 aliphatic carbocycles. The molecule has 5 heteroatoms. The van der Waals surface area contributed by atoms with Crippen molar-refractivity contribution in [2.24, 2.45) is 5.92 Å². The molecule has 5 nitrogen and oxygen atoms in total. The van der Waals surface area contributed by atoms with Gasteiger partial charge in [-0.3, -0.25) is 4.79 Å². The molecular formula is C13H28O5. The molecule has 0 radical (unpaired) electrons. The van der Waals surface area contributed by atoms with Gasteiger partial charge in [0.1, 0.15) is 6.10 Å². The second-order valence-corrected chi connectivity index (χ2v) is 4.76. The molecule has 0 spiro atoms. The highest BCUT2D eigenvalue weighted by Gasteiger charge is 1.97. The lowest BCUT2D eigenvalue weighted by molar-refractivity contribution is -0.137. The van der Waals surface area contributed by atoms with Crippen molar-refractivity contribution in [3.8, 4) is 0 Å². The lowest BCUT2D eigenvalue weighted by Gasteiger charge is -2.02. The summed E-state index contributed by atoms with van der Waals surface area (Å²) >= 11 is 0. The Morgan fingerprint density at radius 1 is 1.00 bits per heavy atom. The Balaban J connectivity index is 0. The lowest BCUT2D eigenvalue weighted by Crippen LogP contribution is -2.15. The molecule has 0 saturated heterocycles. The minimum atomic E-state index is -0.954. The van der Waals surface area contributed by atoms with Crippen molar-refractivity contribution in [1.29, 1.82) is 0 Å². The molecule has 18 heavy (non-hydrogen) atoms. The Morgan fingerprint density at radius 3 is 1.83 bits per heavy atom. The van der Waals surface area contributed by atoms with Crippen molar-refractivity contribution in [3.63, 3.8) is 0 Å². The SMILES string of the molecule is CC(C)CCCCCCC(=O)O.OCC(O)CO. The van der Waals surface area contributed by atoms with Gasteiger partial charge in [-0.1, -0.05) is 39.5 Å². The first kappa shape index (κ1) is 19.7. The number of hydrogen-bond acceptors (Lipinski definition) is 4. The zero-order chi connectivity index (χ0) is 14.4. The van der Waals surface area contributed by atoms with Crippen molar-refractivity contribution < 1.29 is 25.2 Å². The lowest BCUT2D eigenvalue weighted by atomic mass is 10.0. The standard InChI is InChI=1S/C10H20O2.C3H8O3/c1-9(2)7-5-3-4-6-8-10(11)12;4-1-3(6)2-5/h9H,3-8H2,1-2H3,(H,11,12);3-6H,1-2H2. The first-order valence-electron chi connectivity index (χ1n) is 6.55. The third-order valence-corrected chi connectivity index (χ3v) is 2.34. The summed E-state index contributed by atoms with van der Waals surface area (Å²) in [7, 11) is 0. The Kier molecular flexibility index (Phi) is 15.8. The molecule has 0 heterocycles. The molecule has 0 aliphatic heterocycles. The molecule has 0 saturated carbocycles. The number of carboxylic acid groups (broad SMARTS) is 1. The van der Waals surface area contributed by atoms with Gasteiger partial charge in [0, 0.05) is 6.42 Å². The predicted molar refractivity (Wildman–Crippen MR) is 70.4 cm³/mol. The van der Waals surface area contributed by atoms with Gasteiger partial charge in [-0.05, 0) is 12.3 Å². The van der Waals surface area contributed by atoms with Gasteiger partial charge < -0.3 is 20.4 Å². The summed E-state index contributed by atoms with van der Waals surface area (Å²) in [5, 5.41) is 32.4. The maximum Gasteiger partial charge on any atom is 0.303 e. The van der Waals surface area contributed by atoms with Gasteiger partial charge in [0.25, 0.3) is 0 Å². The summed E-state index contributed by atoms with van der Waals surface area (Å²) in [5.74, 6) is 0.114. The van der Waals surface area contributed by atoms with Crippen LogP contribution in [0, 0.1) is 5.92 Å². The van der Waals surface area contributed by atoms with Gasteiger partial charge in [0.05, 0.1) is 13.2 Å². The number of rotatable bonds is 9. The minimum Gasteiger partial charge on any atom is -0.481 e. The Morgan fingerprint density at radius 2 is 1.50 bits per heavy atom. The molecule has 0 amide bonds. The third kappa shape index (κ3) is 20.7. The maximum atomic E-state index is 10.1. The van der Waals surface area contributed by atoms with Gasteiger partial charge in [-0.25, -0.2) is 0 Å². The molecule has 0 bridgehead atoms. The third-order valence-electron chi connectivity index (χ3n) is 2.34. The van der Waals surface area contributed by atoms with E-state index in [1.807, 2.05) is 0 Å². The predicted octanol–water partition coefficient (Wildman–Crippen LogP) is 1.40. The van der Waals surface area contributed by atoms with Crippen molar-refractivity contribution in [2.75, 3.05) is 13.2 Å². The molecule has 0 aromatic heterocycles. The number of carbonyl (C=O) groups is 1. The average Bonchev–Trinajstić information content (AvgIpc) is 2.32. The second-order valence-electron chi connectivity index (χ2n) is 4.76. The maximum absolute atomic E-state index is 10.1. The van der Waals surface area contributed by atoms with Gasteiger partial charge in [-0.2, -0.15) is 0 Å². The van der Waals surface area contributed by atoms with Crippen LogP contribution in [-0.2, 0) is 4.79 Å². The average molecular weight is 264 g/mol. The van der Waals surface area contributed by atoms with Gasteiger partial charge in [0.15, 0.2) is 0 Å². The summed E-state index contributed by atoms with van der Waals surface area (Å²) in [6.07, 6.45) is 4.99. The zero-order valence-electron chi connectivity index (χ0n) is 11.5. The quantitative estimate of drug-likeness (QED) is 0.472. The number of aliphatic hydroxyl groups is 3. The smallest absolute Gasteiger partial charge is 0.303 e. The fourth-order valence-electron chi connectivity index (χ4n) is 1.24.